The number of anilines is 1. The topological polar surface area (TPSA) is 80.3 Å². The number of nitrogens with zero attached hydrogens (tertiary/aromatic N) is 1. The Morgan fingerprint density at radius 3 is 2.64 bits per heavy atom. The Morgan fingerprint density at radius 1 is 1.24 bits per heavy atom. The van der Waals surface area contributed by atoms with Gasteiger partial charge in [0.05, 0.1) is 23.9 Å². The lowest BCUT2D eigenvalue weighted by atomic mass is 10.0. The van der Waals surface area contributed by atoms with Gasteiger partial charge in [0.2, 0.25) is 0 Å². The van der Waals surface area contributed by atoms with Crippen LogP contribution in [0.25, 0.3) is 0 Å². The fraction of sp³-hybridized carbons (Fsp3) is 0.278. The number of rotatable bonds is 5. The highest BCUT2D eigenvalue weighted by atomic mass is 35.5. The van der Waals surface area contributed by atoms with Crippen LogP contribution in [0.2, 0.25) is 5.15 Å². The quantitative estimate of drug-likeness (QED) is 0.803. The molecular weight excluding hydrogens is 342 g/mol. The highest BCUT2D eigenvalue weighted by Gasteiger charge is 2.29. The van der Waals surface area contributed by atoms with E-state index in [-0.39, 0.29) is 22.5 Å². The molecule has 0 saturated heterocycles. The van der Waals surface area contributed by atoms with Crippen LogP contribution in [-0.4, -0.2) is 31.0 Å². The first-order valence-corrected chi connectivity index (χ1v) is 8.28. The molecule has 1 saturated carbocycles. The number of amides is 2. The van der Waals surface area contributed by atoms with Gasteiger partial charge in [0.25, 0.3) is 11.8 Å². The Kier molecular flexibility index (Phi) is 4.90. The maximum absolute atomic E-state index is 12.8. The van der Waals surface area contributed by atoms with E-state index in [1.54, 1.807) is 13.2 Å². The van der Waals surface area contributed by atoms with Crippen LogP contribution in [0.5, 0.6) is 5.75 Å². The van der Waals surface area contributed by atoms with E-state index in [0.717, 1.165) is 18.4 Å². The fourth-order valence-corrected chi connectivity index (χ4v) is 2.87. The maximum Gasteiger partial charge on any atom is 0.259 e. The molecule has 3 rings (SSSR count). The molecular formula is C18H18ClN3O3. The largest absolute Gasteiger partial charge is 0.496 e. The van der Waals surface area contributed by atoms with Gasteiger partial charge in [-0.2, -0.15) is 0 Å². The van der Waals surface area contributed by atoms with Crippen molar-refractivity contribution in [1.82, 2.24) is 10.3 Å². The lowest BCUT2D eigenvalue weighted by Crippen LogP contribution is -2.22. The molecule has 1 aliphatic rings. The Labute approximate surface area is 150 Å². The summed E-state index contributed by atoms with van der Waals surface area (Å²) in [5.74, 6) is 0.286. The van der Waals surface area contributed by atoms with E-state index in [0.29, 0.717) is 22.9 Å². The van der Waals surface area contributed by atoms with Crippen LogP contribution >= 0.6 is 11.6 Å². The highest BCUT2D eigenvalue weighted by Crippen LogP contribution is 2.45. The van der Waals surface area contributed by atoms with E-state index in [2.05, 4.69) is 15.6 Å². The number of carbonyl (C=O) groups excluding carboxylic acids is 2. The smallest absolute Gasteiger partial charge is 0.259 e. The first-order chi connectivity index (χ1) is 12.0. The van der Waals surface area contributed by atoms with Crippen LogP contribution < -0.4 is 15.4 Å². The molecule has 0 spiro atoms. The van der Waals surface area contributed by atoms with Gasteiger partial charge in [0, 0.05) is 13.2 Å². The van der Waals surface area contributed by atoms with Crippen molar-refractivity contribution in [2.24, 2.45) is 0 Å². The number of halogens is 1. The number of para-hydroxylation sites is 1. The molecule has 1 fully saturated rings. The third-order valence-electron chi connectivity index (χ3n) is 4.10. The van der Waals surface area contributed by atoms with Crippen LogP contribution in [0.4, 0.5) is 5.69 Å². The van der Waals surface area contributed by atoms with E-state index >= 15 is 0 Å². The van der Waals surface area contributed by atoms with Crippen molar-refractivity contribution >= 4 is 29.1 Å². The monoisotopic (exact) mass is 359 g/mol. The van der Waals surface area contributed by atoms with Crippen molar-refractivity contribution in [2.45, 2.75) is 18.8 Å². The van der Waals surface area contributed by atoms with Crippen LogP contribution in [0.3, 0.4) is 0 Å². The molecule has 7 heteroatoms. The molecule has 130 valence electrons. The van der Waals surface area contributed by atoms with Gasteiger partial charge in [-0.05, 0) is 36.5 Å². The number of nitrogens with one attached hydrogen (secondary N) is 2. The molecule has 0 atom stereocenters. The van der Waals surface area contributed by atoms with Crippen molar-refractivity contribution in [3.63, 3.8) is 0 Å². The van der Waals surface area contributed by atoms with Gasteiger partial charge in [0.1, 0.15) is 10.9 Å². The minimum absolute atomic E-state index is 0.182. The average molecular weight is 360 g/mol. The van der Waals surface area contributed by atoms with Crippen LogP contribution in [0, 0.1) is 0 Å². The number of pyridine rings is 1. The second kappa shape index (κ2) is 7.11. The number of ether oxygens (including phenoxy) is 1. The van der Waals surface area contributed by atoms with Crippen LogP contribution in [0.15, 0.2) is 30.5 Å². The summed E-state index contributed by atoms with van der Waals surface area (Å²) in [5, 5.41) is 5.43. The second-order valence-corrected chi connectivity index (χ2v) is 6.18. The van der Waals surface area contributed by atoms with E-state index < -0.39 is 0 Å². The van der Waals surface area contributed by atoms with Crippen molar-refractivity contribution in [3.05, 3.63) is 52.3 Å². The SMILES string of the molecule is CNC(=O)c1cnc(Cl)cc1NC(=O)c1cccc(C2CC2)c1OC. The molecule has 1 aromatic carbocycles. The summed E-state index contributed by atoms with van der Waals surface area (Å²) in [6, 6.07) is 6.96. The molecule has 0 radical (unpaired) electrons. The summed E-state index contributed by atoms with van der Waals surface area (Å²) in [5.41, 5.74) is 1.98. The minimum atomic E-state index is -0.369. The van der Waals surface area contributed by atoms with Gasteiger partial charge in [-0.15, -0.1) is 0 Å². The zero-order valence-electron chi connectivity index (χ0n) is 13.9. The Hall–Kier alpha value is -2.60. The summed E-state index contributed by atoms with van der Waals surface area (Å²) < 4.78 is 5.48. The Morgan fingerprint density at radius 2 is 2.00 bits per heavy atom. The van der Waals surface area contributed by atoms with Gasteiger partial charge >= 0.3 is 0 Å². The number of methoxy groups -OCH3 is 1. The fourth-order valence-electron chi connectivity index (χ4n) is 2.72. The molecule has 2 N–H and O–H groups in total. The van der Waals surface area contributed by atoms with Gasteiger partial charge in [-0.1, -0.05) is 23.7 Å². The minimum Gasteiger partial charge on any atom is -0.496 e. The van der Waals surface area contributed by atoms with E-state index in [9.17, 15) is 9.59 Å². The summed E-state index contributed by atoms with van der Waals surface area (Å²) in [7, 11) is 3.06. The highest BCUT2D eigenvalue weighted by molar-refractivity contribution is 6.30. The zero-order chi connectivity index (χ0) is 18.0. The standard InChI is InChI=1S/C18H18ClN3O3/c1-20-17(23)13-9-21-15(19)8-14(13)22-18(24)12-5-3-4-11(10-6-7-10)16(12)25-2/h3-5,8-10H,6-7H2,1-2H3,(H,20,23)(H,21,22,24). The summed E-state index contributed by atoms with van der Waals surface area (Å²) in [6.45, 7) is 0. The number of hydrogen-bond donors (Lipinski definition) is 2. The third-order valence-corrected chi connectivity index (χ3v) is 4.31. The third kappa shape index (κ3) is 3.58. The van der Waals surface area contributed by atoms with Gasteiger partial charge in [-0.25, -0.2) is 4.98 Å². The predicted octanol–water partition coefficient (Wildman–Crippen LogP) is 3.23. The normalized spacial score (nSPS) is 13.2. The second-order valence-electron chi connectivity index (χ2n) is 5.79. The van der Waals surface area contributed by atoms with Crippen molar-refractivity contribution in [1.29, 1.82) is 0 Å². The van der Waals surface area contributed by atoms with E-state index in [1.807, 2.05) is 12.1 Å². The number of benzene rings is 1. The molecule has 1 aliphatic carbocycles. The molecule has 2 aromatic rings. The van der Waals surface area contributed by atoms with Gasteiger partial charge in [-0.3, -0.25) is 9.59 Å². The Balaban J connectivity index is 1.94. The first kappa shape index (κ1) is 17.2. The molecule has 1 aromatic heterocycles. The molecule has 1 heterocycles. The molecule has 0 aliphatic heterocycles. The summed E-state index contributed by atoms with van der Waals surface area (Å²) in [4.78, 5) is 28.6. The zero-order valence-corrected chi connectivity index (χ0v) is 14.7. The average Bonchev–Trinajstić information content (AvgIpc) is 3.45. The van der Waals surface area contributed by atoms with Gasteiger partial charge < -0.3 is 15.4 Å². The van der Waals surface area contributed by atoms with Crippen LogP contribution in [-0.2, 0) is 0 Å². The maximum atomic E-state index is 12.8. The van der Waals surface area contributed by atoms with Crippen LogP contribution in [0.1, 0.15) is 45.0 Å². The number of aromatic nitrogens is 1. The van der Waals surface area contributed by atoms with E-state index in [4.69, 9.17) is 16.3 Å². The predicted molar refractivity (Wildman–Crippen MR) is 95.6 cm³/mol. The van der Waals surface area contributed by atoms with Crippen molar-refractivity contribution in [2.75, 3.05) is 19.5 Å². The Bertz CT molecular complexity index is 834. The molecule has 2 amide bonds. The molecule has 0 unspecified atom stereocenters. The first-order valence-electron chi connectivity index (χ1n) is 7.91. The van der Waals surface area contributed by atoms with Gasteiger partial charge in [0.15, 0.2) is 0 Å². The van der Waals surface area contributed by atoms with Crippen molar-refractivity contribution < 1.29 is 14.3 Å². The lowest BCUT2D eigenvalue weighted by Gasteiger charge is -2.14. The van der Waals surface area contributed by atoms with E-state index in [1.165, 1.54) is 19.3 Å². The molecule has 0 bridgehead atoms. The lowest BCUT2D eigenvalue weighted by molar-refractivity contribution is 0.0963. The molecule has 25 heavy (non-hydrogen) atoms. The summed E-state index contributed by atoms with van der Waals surface area (Å²) in [6.07, 6.45) is 3.53. The number of hydrogen-bond acceptors (Lipinski definition) is 4. The summed E-state index contributed by atoms with van der Waals surface area (Å²) >= 11 is 5.91. The number of carbonyl (C=O) groups is 2. The van der Waals surface area contributed by atoms with Crippen molar-refractivity contribution in [3.8, 4) is 5.75 Å². The molecule has 6 nitrogen and oxygen atoms in total.